The molecule has 1 N–H and O–H groups in total. The van der Waals surface area contributed by atoms with E-state index in [-0.39, 0.29) is 18.1 Å². The number of hydrogen-bond donors (Lipinski definition) is 1. The van der Waals surface area contributed by atoms with Crippen LogP contribution in [-0.2, 0) is 0 Å². The van der Waals surface area contributed by atoms with Crippen LogP contribution >= 0.6 is 0 Å². The third-order valence-electron chi connectivity index (χ3n) is 3.60. The molecular weight excluding hydrogens is 234 g/mol. The summed E-state index contributed by atoms with van der Waals surface area (Å²) in [4.78, 5) is 1.88. The lowest BCUT2D eigenvalue weighted by atomic mass is 9.94. The molecule has 1 aromatic carbocycles. The first-order valence-electron chi connectivity index (χ1n) is 6.30. The minimum absolute atomic E-state index is 0.137. The van der Waals surface area contributed by atoms with E-state index in [2.05, 4.69) is 5.32 Å². The molecule has 1 aromatic rings. The summed E-state index contributed by atoms with van der Waals surface area (Å²) in [6, 6.07) is 10.1. The second-order valence-corrected chi connectivity index (χ2v) is 5.45. The Hall–Kier alpha value is -1.00. The molecule has 18 heavy (non-hydrogen) atoms. The summed E-state index contributed by atoms with van der Waals surface area (Å²) >= 11 is 0. The zero-order chi connectivity index (χ0) is 13.2. The quantitative estimate of drug-likeness (QED) is 0.892. The second kappa shape index (κ2) is 5.33. The molecule has 2 nitrogen and oxygen atoms in total. The minimum Gasteiger partial charge on any atom is -0.307 e. The number of nitrogens with one attached hydrogen (secondary N) is 1. The van der Waals surface area contributed by atoms with E-state index in [1.54, 1.807) is 0 Å². The van der Waals surface area contributed by atoms with Gasteiger partial charge in [0.25, 0.3) is 6.43 Å². The maximum absolute atomic E-state index is 12.6. The molecule has 1 unspecified atom stereocenters. The van der Waals surface area contributed by atoms with Gasteiger partial charge in [0.2, 0.25) is 0 Å². The highest BCUT2D eigenvalue weighted by atomic mass is 19.3. The van der Waals surface area contributed by atoms with Crippen molar-refractivity contribution in [1.29, 1.82) is 0 Å². The summed E-state index contributed by atoms with van der Waals surface area (Å²) in [7, 11) is 0. The Kier molecular flexibility index (Phi) is 3.97. The highest BCUT2D eigenvalue weighted by molar-refractivity contribution is 5.20. The van der Waals surface area contributed by atoms with E-state index in [1.807, 2.05) is 49.1 Å². The molecule has 4 heteroatoms. The Morgan fingerprint density at radius 2 is 2.00 bits per heavy atom. The minimum atomic E-state index is -2.28. The van der Waals surface area contributed by atoms with Gasteiger partial charge in [-0.1, -0.05) is 30.3 Å². The van der Waals surface area contributed by atoms with E-state index in [1.165, 1.54) is 0 Å². The smallest absolute Gasteiger partial charge is 0.251 e. The average Bonchev–Trinajstić information content (AvgIpc) is 2.32. The number of hydrogen-bond acceptors (Lipinski definition) is 2. The van der Waals surface area contributed by atoms with E-state index >= 15 is 0 Å². The van der Waals surface area contributed by atoms with Crippen LogP contribution in [0.25, 0.3) is 0 Å². The van der Waals surface area contributed by atoms with Gasteiger partial charge in [0.15, 0.2) is 0 Å². The molecule has 0 radical (unpaired) electrons. The van der Waals surface area contributed by atoms with Gasteiger partial charge in [-0.25, -0.2) is 8.78 Å². The van der Waals surface area contributed by atoms with Gasteiger partial charge in [0.05, 0.1) is 6.54 Å². The zero-order valence-electron chi connectivity index (χ0n) is 10.9. The number of alkyl halides is 2. The molecule has 1 aliphatic heterocycles. The van der Waals surface area contributed by atoms with E-state index in [0.29, 0.717) is 6.54 Å². The molecule has 1 fully saturated rings. The fourth-order valence-electron chi connectivity index (χ4n) is 2.41. The Balaban J connectivity index is 2.10. The van der Waals surface area contributed by atoms with Crippen molar-refractivity contribution in [2.24, 2.45) is 0 Å². The van der Waals surface area contributed by atoms with Crippen LogP contribution in [0.4, 0.5) is 8.78 Å². The van der Waals surface area contributed by atoms with Gasteiger partial charge in [0.1, 0.15) is 0 Å². The topological polar surface area (TPSA) is 15.3 Å². The molecular formula is C14H20F2N2. The second-order valence-electron chi connectivity index (χ2n) is 5.45. The first-order chi connectivity index (χ1) is 8.49. The summed E-state index contributed by atoms with van der Waals surface area (Å²) < 4.78 is 25.3. The van der Waals surface area contributed by atoms with E-state index < -0.39 is 6.43 Å². The van der Waals surface area contributed by atoms with E-state index in [4.69, 9.17) is 0 Å². The third-order valence-corrected chi connectivity index (χ3v) is 3.60. The van der Waals surface area contributed by atoms with Crippen LogP contribution in [0.2, 0.25) is 0 Å². The fraction of sp³-hybridized carbons (Fsp3) is 0.571. The zero-order valence-corrected chi connectivity index (χ0v) is 10.9. The number of benzene rings is 1. The van der Waals surface area contributed by atoms with Crippen molar-refractivity contribution in [1.82, 2.24) is 10.2 Å². The SMILES string of the molecule is CC1(C)CNC(c2ccccc2)CN1CC(F)F. The molecule has 0 saturated carbocycles. The summed E-state index contributed by atoms with van der Waals surface area (Å²) in [6.45, 7) is 5.20. The van der Waals surface area contributed by atoms with Crippen molar-refractivity contribution in [2.75, 3.05) is 19.6 Å². The summed E-state index contributed by atoms with van der Waals surface area (Å²) in [5.74, 6) is 0. The van der Waals surface area contributed by atoms with Gasteiger partial charge in [-0.05, 0) is 19.4 Å². The molecule has 0 aliphatic carbocycles. The normalized spacial score (nSPS) is 24.4. The van der Waals surface area contributed by atoms with Gasteiger partial charge < -0.3 is 5.32 Å². The van der Waals surface area contributed by atoms with Crippen molar-refractivity contribution in [3.05, 3.63) is 35.9 Å². The van der Waals surface area contributed by atoms with Crippen LogP contribution in [-0.4, -0.2) is 36.5 Å². The van der Waals surface area contributed by atoms with Crippen molar-refractivity contribution < 1.29 is 8.78 Å². The first kappa shape index (κ1) is 13.4. The lowest BCUT2D eigenvalue weighted by Crippen LogP contribution is -2.59. The van der Waals surface area contributed by atoms with Crippen molar-refractivity contribution in [3.8, 4) is 0 Å². The van der Waals surface area contributed by atoms with Gasteiger partial charge in [-0.15, -0.1) is 0 Å². The van der Waals surface area contributed by atoms with Crippen molar-refractivity contribution in [3.63, 3.8) is 0 Å². The highest BCUT2D eigenvalue weighted by Gasteiger charge is 2.35. The Bertz CT molecular complexity index is 379. The summed E-state index contributed by atoms with van der Waals surface area (Å²) in [5, 5.41) is 3.44. The highest BCUT2D eigenvalue weighted by Crippen LogP contribution is 2.26. The molecule has 1 heterocycles. The molecule has 0 spiro atoms. The van der Waals surface area contributed by atoms with E-state index in [9.17, 15) is 8.78 Å². The standard InChI is InChI=1S/C14H20F2N2/c1-14(2)10-17-12(8-18(14)9-13(15)16)11-6-4-3-5-7-11/h3-7,12-13,17H,8-10H2,1-2H3. The van der Waals surface area contributed by atoms with Gasteiger partial charge >= 0.3 is 0 Å². The van der Waals surface area contributed by atoms with Crippen molar-refractivity contribution >= 4 is 0 Å². The van der Waals surface area contributed by atoms with Crippen LogP contribution in [0, 0.1) is 0 Å². The largest absolute Gasteiger partial charge is 0.307 e. The Morgan fingerprint density at radius 3 is 2.61 bits per heavy atom. The van der Waals surface area contributed by atoms with Crippen LogP contribution in [0.1, 0.15) is 25.5 Å². The molecule has 0 amide bonds. The number of nitrogens with zero attached hydrogens (tertiary/aromatic N) is 1. The first-order valence-corrected chi connectivity index (χ1v) is 6.30. The van der Waals surface area contributed by atoms with Gasteiger partial charge in [-0.2, -0.15) is 0 Å². The Morgan fingerprint density at radius 1 is 1.33 bits per heavy atom. The molecule has 2 rings (SSSR count). The predicted octanol–water partition coefficient (Wildman–Crippen LogP) is 2.68. The number of halogens is 2. The summed E-state index contributed by atoms with van der Waals surface area (Å²) in [6.07, 6.45) is -2.28. The number of piperazine rings is 1. The molecule has 100 valence electrons. The van der Waals surface area contributed by atoms with E-state index in [0.717, 1.165) is 12.1 Å². The predicted molar refractivity (Wildman–Crippen MR) is 68.8 cm³/mol. The number of rotatable bonds is 3. The molecule has 1 atom stereocenters. The molecule has 1 aliphatic rings. The lowest BCUT2D eigenvalue weighted by molar-refractivity contribution is 0.00673. The maximum Gasteiger partial charge on any atom is 0.251 e. The average molecular weight is 254 g/mol. The fourth-order valence-corrected chi connectivity index (χ4v) is 2.41. The monoisotopic (exact) mass is 254 g/mol. The van der Waals surface area contributed by atoms with Crippen LogP contribution in [0.5, 0.6) is 0 Å². The lowest BCUT2D eigenvalue weighted by Gasteiger charge is -2.46. The van der Waals surface area contributed by atoms with Crippen LogP contribution in [0.15, 0.2) is 30.3 Å². The maximum atomic E-state index is 12.6. The van der Waals surface area contributed by atoms with Gasteiger partial charge in [0, 0.05) is 24.7 Å². The molecule has 1 saturated heterocycles. The molecule has 0 aromatic heterocycles. The summed E-state index contributed by atoms with van der Waals surface area (Å²) in [5.41, 5.74) is 0.939. The van der Waals surface area contributed by atoms with Crippen LogP contribution in [0.3, 0.4) is 0 Å². The molecule has 0 bridgehead atoms. The van der Waals surface area contributed by atoms with Gasteiger partial charge in [-0.3, -0.25) is 4.90 Å². The van der Waals surface area contributed by atoms with Crippen molar-refractivity contribution in [2.45, 2.75) is 31.9 Å². The Labute approximate surface area is 107 Å². The third kappa shape index (κ3) is 3.06. The van der Waals surface area contributed by atoms with Crippen LogP contribution < -0.4 is 5.32 Å².